The molecule has 0 amide bonds. The van der Waals surface area contributed by atoms with Gasteiger partial charge in [-0.25, -0.2) is 0 Å². The second-order valence-electron chi connectivity index (χ2n) is 5.45. The van der Waals surface area contributed by atoms with E-state index in [4.69, 9.17) is 0 Å². The van der Waals surface area contributed by atoms with E-state index in [1.54, 1.807) is 0 Å². The lowest BCUT2D eigenvalue weighted by atomic mass is 9.94. The Morgan fingerprint density at radius 1 is 0.947 bits per heavy atom. The first-order valence-corrected chi connectivity index (χ1v) is 8.08. The molecule has 1 N–H and O–H groups in total. The van der Waals surface area contributed by atoms with Gasteiger partial charge in [0, 0.05) is 6.04 Å². The summed E-state index contributed by atoms with van der Waals surface area (Å²) in [6, 6.07) is 9.40. The molecule has 1 aromatic rings. The molecule has 1 atom stereocenters. The highest BCUT2D eigenvalue weighted by Crippen LogP contribution is 2.23. The van der Waals surface area contributed by atoms with Crippen LogP contribution >= 0.6 is 0 Å². The molecule has 0 aliphatic carbocycles. The molecule has 1 rings (SSSR count). The summed E-state index contributed by atoms with van der Waals surface area (Å²) in [5.41, 5.74) is 2.99. The van der Waals surface area contributed by atoms with Crippen LogP contribution in [-0.4, -0.2) is 7.05 Å². The third-order valence-electron chi connectivity index (χ3n) is 4.01. The highest BCUT2D eigenvalue weighted by molar-refractivity contribution is 5.29. The maximum Gasteiger partial charge on any atom is 0.0320 e. The number of hydrogen-bond acceptors (Lipinski definition) is 1. The van der Waals surface area contributed by atoms with Gasteiger partial charge >= 0.3 is 0 Å². The maximum absolute atomic E-state index is 3.50. The van der Waals surface area contributed by atoms with Gasteiger partial charge in [0.2, 0.25) is 0 Å². The quantitative estimate of drug-likeness (QED) is 0.566. The zero-order valence-electron chi connectivity index (χ0n) is 13.0. The van der Waals surface area contributed by atoms with Gasteiger partial charge in [0.05, 0.1) is 0 Å². The minimum absolute atomic E-state index is 0.530. The van der Waals surface area contributed by atoms with E-state index >= 15 is 0 Å². The van der Waals surface area contributed by atoms with Crippen molar-refractivity contribution in [1.82, 2.24) is 5.32 Å². The van der Waals surface area contributed by atoms with Crippen LogP contribution < -0.4 is 5.32 Å². The van der Waals surface area contributed by atoms with Crippen LogP contribution in [0.5, 0.6) is 0 Å². The Labute approximate surface area is 119 Å². The minimum Gasteiger partial charge on any atom is -0.313 e. The SMILES string of the molecule is CCCCCCCCC(NC)c1ccccc1CC. The van der Waals surface area contributed by atoms with Gasteiger partial charge < -0.3 is 5.32 Å². The van der Waals surface area contributed by atoms with Crippen molar-refractivity contribution in [2.45, 2.75) is 71.3 Å². The smallest absolute Gasteiger partial charge is 0.0320 e. The van der Waals surface area contributed by atoms with E-state index < -0.39 is 0 Å². The van der Waals surface area contributed by atoms with Crippen molar-refractivity contribution >= 4 is 0 Å². The van der Waals surface area contributed by atoms with Crippen LogP contribution in [0.4, 0.5) is 0 Å². The first kappa shape index (κ1) is 16.2. The number of benzene rings is 1. The van der Waals surface area contributed by atoms with E-state index in [9.17, 15) is 0 Å². The summed E-state index contributed by atoms with van der Waals surface area (Å²) in [6.07, 6.45) is 10.7. The van der Waals surface area contributed by atoms with Crippen LogP contribution in [0.2, 0.25) is 0 Å². The zero-order valence-corrected chi connectivity index (χ0v) is 13.0. The van der Waals surface area contributed by atoms with Crippen LogP contribution in [0, 0.1) is 0 Å². The summed E-state index contributed by atoms with van der Waals surface area (Å²) in [5, 5.41) is 3.50. The Morgan fingerprint density at radius 3 is 2.32 bits per heavy atom. The molecule has 1 heteroatoms. The first-order valence-electron chi connectivity index (χ1n) is 8.08. The van der Waals surface area contributed by atoms with Crippen LogP contribution in [0.3, 0.4) is 0 Å². The molecule has 0 fully saturated rings. The van der Waals surface area contributed by atoms with Crippen LogP contribution in [-0.2, 0) is 6.42 Å². The Hall–Kier alpha value is -0.820. The fourth-order valence-corrected chi connectivity index (χ4v) is 2.78. The fourth-order valence-electron chi connectivity index (χ4n) is 2.78. The molecule has 1 nitrogen and oxygen atoms in total. The third kappa shape index (κ3) is 5.78. The Kier molecular flexibility index (Phi) is 8.57. The monoisotopic (exact) mass is 261 g/mol. The van der Waals surface area contributed by atoms with Gasteiger partial charge in [0.15, 0.2) is 0 Å². The number of hydrogen-bond donors (Lipinski definition) is 1. The predicted octanol–water partition coefficient (Wildman–Crippen LogP) is 5.26. The summed E-state index contributed by atoms with van der Waals surface area (Å²) < 4.78 is 0. The van der Waals surface area contributed by atoms with Crippen molar-refractivity contribution in [2.75, 3.05) is 7.05 Å². The minimum atomic E-state index is 0.530. The van der Waals surface area contributed by atoms with Crippen molar-refractivity contribution in [2.24, 2.45) is 0 Å². The molecule has 19 heavy (non-hydrogen) atoms. The normalized spacial score (nSPS) is 12.6. The van der Waals surface area contributed by atoms with Crippen molar-refractivity contribution in [3.63, 3.8) is 0 Å². The van der Waals surface area contributed by atoms with Crippen molar-refractivity contribution < 1.29 is 0 Å². The van der Waals surface area contributed by atoms with Gasteiger partial charge in [-0.2, -0.15) is 0 Å². The van der Waals surface area contributed by atoms with Crippen molar-refractivity contribution in [1.29, 1.82) is 0 Å². The predicted molar refractivity (Wildman–Crippen MR) is 85.6 cm³/mol. The van der Waals surface area contributed by atoms with Crippen LogP contribution in [0.1, 0.15) is 76.0 Å². The molecular formula is C18H31N. The average molecular weight is 261 g/mol. The maximum atomic E-state index is 3.50. The molecule has 108 valence electrons. The van der Waals surface area contributed by atoms with Crippen LogP contribution in [0.25, 0.3) is 0 Å². The number of rotatable bonds is 10. The third-order valence-corrected chi connectivity index (χ3v) is 4.01. The topological polar surface area (TPSA) is 12.0 Å². The highest BCUT2D eigenvalue weighted by atomic mass is 14.9. The van der Waals surface area contributed by atoms with Crippen molar-refractivity contribution in [3.05, 3.63) is 35.4 Å². The summed E-state index contributed by atoms with van der Waals surface area (Å²) in [4.78, 5) is 0. The molecule has 0 aromatic heterocycles. The highest BCUT2D eigenvalue weighted by Gasteiger charge is 2.11. The van der Waals surface area contributed by atoms with Gasteiger partial charge in [-0.1, -0.05) is 76.6 Å². The first-order chi connectivity index (χ1) is 9.33. The molecule has 0 heterocycles. The molecule has 1 aromatic carbocycles. The molecule has 0 radical (unpaired) electrons. The van der Waals surface area contributed by atoms with E-state index in [1.807, 2.05) is 0 Å². The van der Waals surface area contributed by atoms with Gasteiger partial charge in [0.25, 0.3) is 0 Å². The van der Waals surface area contributed by atoms with E-state index in [2.05, 4.69) is 50.5 Å². The Bertz CT molecular complexity index is 332. The van der Waals surface area contributed by atoms with Crippen molar-refractivity contribution in [3.8, 4) is 0 Å². The lowest BCUT2D eigenvalue weighted by Gasteiger charge is -2.19. The second-order valence-corrected chi connectivity index (χ2v) is 5.45. The van der Waals surface area contributed by atoms with Gasteiger partial charge in [0.1, 0.15) is 0 Å². The van der Waals surface area contributed by atoms with E-state index in [0.717, 1.165) is 6.42 Å². The molecule has 0 saturated carbocycles. The van der Waals surface area contributed by atoms with E-state index in [-0.39, 0.29) is 0 Å². The summed E-state index contributed by atoms with van der Waals surface area (Å²) in [6.45, 7) is 4.52. The molecule has 0 bridgehead atoms. The fraction of sp³-hybridized carbons (Fsp3) is 0.667. The standard InChI is InChI=1S/C18H31N/c1-4-6-7-8-9-10-15-18(19-3)17-14-12-11-13-16(17)5-2/h11-14,18-19H,4-10,15H2,1-3H3. The Balaban J connectivity index is 2.40. The molecular weight excluding hydrogens is 230 g/mol. The lowest BCUT2D eigenvalue weighted by molar-refractivity contribution is 0.495. The lowest BCUT2D eigenvalue weighted by Crippen LogP contribution is -2.17. The molecule has 1 unspecified atom stereocenters. The molecule has 0 spiro atoms. The average Bonchev–Trinajstić information content (AvgIpc) is 2.47. The number of unbranched alkanes of at least 4 members (excludes halogenated alkanes) is 5. The molecule has 0 aliphatic heterocycles. The van der Waals surface area contributed by atoms with Gasteiger partial charge in [-0.05, 0) is 31.0 Å². The summed E-state index contributed by atoms with van der Waals surface area (Å²) in [5.74, 6) is 0. The number of nitrogens with one attached hydrogen (secondary N) is 1. The second kappa shape index (κ2) is 10.0. The van der Waals surface area contributed by atoms with Gasteiger partial charge in [-0.15, -0.1) is 0 Å². The number of aryl methyl sites for hydroxylation is 1. The van der Waals surface area contributed by atoms with E-state index in [0.29, 0.717) is 6.04 Å². The molecule has 0 aliphatic rings. The Morgan fingerprint density at radius 2 is 1.63 bits per heavy atom. The van der Waals surface area contributed by atoms with E-state index in [1.165, 1.54) is 56.1 Å². The largest absolute Gasteiger partial charge is 0.313 e. The summed E-state index contributed by atoms with van der Waals surface area (Å²) in [7, 11) is 2.09. The zero-order chi connectivity index (χ0) is 13.9. The van der Waals surface area contributed by atoms with Gasteiger partial charge in [-0.3, -0.25) is 0 Å². The summed E-state index contributed by atoms with van der Waals surface area (Å²) >= 11 is 0. The molecule has 0 saturated heterocycles. The van der Waals surface area contributed by atoms with Crippen LogP contribution in [0.15, 0.2) is 24.3 Å².